The molecule has 0 atom stereocenters. The van der Waals surface area contributed by atoms with E-state index in [2.05, 4.69) is 25.1 Å². The Morgan fingerprint density at radius 2 is 1.27 bits per heavy atom. The highest BCUT2D eigenvalue weighted by molar-refractivity contribution is 6.33. The first-order chi connectivity index (χ1) is 26.7. The van der Waals surface area contributed by atoms with Crippen LogP contribution in [0.4, 0.5) is 28.4 Å². The summed E-state index contributed by atoms with van der Waals surface area (Å²) in [6.07, 6.45) is 3.50. The van der Waals surface area contributed by atoms with Crippen molar-refractivity contribution in [3.63, 3.8) is 0 Å². The van der Waals surface area contributed by atoms with Crippen molar-refractivity contribution in [3.8, 4) is 11.5 Å². The number of carbonyl (C=O) groups excluding carboxylic acids is 2. The first kappa shape index (κ1) is 34.4. The molecule has 9 rings (SSSR count). The van der Waals surface area contributed by atoms with Crippen LogP contribution in [-0.4, -0.2) is 73.3 Å². The van der Waals surface area contributed by atoms with Crippen molar-refractivity contribution in [1.29, 1.82) is 0 Å². The van der Waals surface area contributed by atoms with Gasteiger partial charge in [0, 0.05) is 77.1 Å². The van der Waals surface area contributed by atoms with Gasteiger partial charge in [0.05, 0.1) is 24.9 Å². The average Bonchev–Trinajstić information content (AvgIpc) is 4.04. The summed E-state index contributed by atoms with van der Waals surface area (Å²) in [5.41, 5.74) is 7.83. The number of anilines is 3. The Hall–Kier alpha value is -6.34. The Morgan fingerprint density at radius 3 is 1.89 bits per heavy atom. The summed E-state index contributed by atoms with van der Waals surface area (Å²) < 4.78 is 11.3. The van der Waals surface area contributed by atoms with Crippen molar-refractivity contribution in [2.75, 3.05) is 55.1 Å². The number of ether oxygens (including phenoxy) is 2. The summed E-state index contributed by atoms with van der Waals surface area (Å²) >= 11 is 6.68. The number of azo groups is 1. The van der Waals surface area contributed by atoms with E-state index in [0.717, 1.165) is 75.9 Å². The number of benzene rings is 4. The highest BCUT2D eigenvalue weighted by Gasteiger charge is 2.31. The van der Waals surface area contributed by atoms with Gasteiger partial charge in [0.15, 0.2) is 0 Å². The average molecular weight is 758 g/mol. The van der Waals surface area contributed by atoms with Crippen molar-refractivity contribution >= 4 is 79.6 Å². The molecule has 278 valence electrons. The number of rotatable bonds is 8. The minimum absolute atomic E-state index is 0.115. The van der Waals surface area contributed by atoms with Gasteiger partial charge >= 0.3 is 5.97 Å². The van der Waals surface area contributed by atoms with Crippen molar-refractivity contribution in [2.24, 2.45) is 10.2 Å². The second kappa shape index (κ2) is 13.5. The smallest absolute Gasteiger partial charge is 0.352 e. The molecule has 2 aromatic heterocycles. The van der Waals surface area contributed by atoms with E-state index in [1.807, 2.05) is 36.4 Å². The number of nitrogens with zero attached hydrogens (tertiary/aromatic N) is 5. The molecule has 14 heteroatoms. The van der Waals surface area contributed by atoms with Crippen LogP contribution < -0.4 is 24.2 Å². The molecular formula is C41H36ClN7O6. The van der Waals surface area contributed by atoms with Crippen LogP contribution in [-0.2, 0) is 12.8 Å². The zero-order valence-electron chi connectivity index (χ0n) is 30.1. The number of carboxylic acids is 1. The molecular weight excluding hydrogens is 722 g/mol. The number of H-pyrrole nitrogens is 2. The molecule has 0 saturated carbocycles. The molecule has 0 aliphatic carbocycles. The summed E-state index contributed by atoms with van der Waals surface area (Å²) in [7, 11) is 3.22. The Bertz CT molecular complexity index is 2610. The number of nitrogens with one attached hydrogen (secondary N) is 2. The van der Waals surface area contributed by atoms with Crippen molar-refractivity contribution in [3.05, 3.63) is 99.8 Å². The fraction of sp³-hybridized carbons (Fsp3) is 0.244. The monoisotopic (exact) mass is 757 g/mol. The second-order valence-electron chi connectivity index (χ2n) is 13.9. The molecule has 1 fully saturated rings. The van der Waals surface area contributed by atoms with Gasteiger partial charge in [-0.25, -0.2) is 4.79 Å². The number of aromatic carboxylic acids is 1. The minimum atomic E-state index is -1.03. The molecule has 3 aliphatic heterocycles. The predicted molar refractivity (Wildman–Crippen MR) is 211 cm³/mol. The Balaban J connectivity index is 0.939. The van der Waals surface area contributed by atoms with Gasteiger partial charge < -0.3 is 39.2 Å². The summed E-state index contributed by atoms with van der Waals surface area (Å²) in [4.78, 5) is 51.3. The number of aromatic nitrogens is 2. The van der Waals surface area contributed by atoms with E-state index in [-0.39, 0.29) is 22.5 Å². The number of fused-ring (bicyclic) bond motifs is 6. The second-order valence-corrected chi connectivity index (χ2v) is 14.3. The van der Waals surface area contributed by atoms with Crippen molar-refractivity contribution in [1.82, 2.24) is 9.97 Å². The van der Waals surface area contributed by atoms with Gasteiger partial charge in [-0.1, -0.05) is 11.6 Å². The summed E-state index contributed by atoms with van der Waals surface area (Å²) in [5, 5.41) is 20.3. The summed E-state index contributed by atoms with van der Waals surface area (Å²) in [5.74, 6) is -0.155. The maximum atomic E-state index is 13.9. The van der Waals surface area contributed by atoms with Crippen LogP contribution in [0.1, 0.15) is 55.3 Å². The first-order valence-electron chi connectivity index (χ1n) is 18.1. The quantitative estimate of drug-likeness (QED) is 0.132. The molecule has 1 saturated heterocycles. The third-order valence-electron chi connectivity index (χ3n) is 10.9. The normalized spacial score (nSPS) is 15.1. The van der Waals surface area contributed by atoms with Crippen LogP contribution in [0.25, 0.3) is 21.8 Å². The largest absolute Gasteiger partial charge is 0.494 e. The van der Waals surface area contributed by atoms with Crippen LogP contribution in [0, 0.1) is 0 Å². The van der Waals surface area contributed by atoms with Gasteiger partial charge in [-0.05, 0) is 91.4 Å². The topological polar surface area (TPSA) is 156 Å². The highest BCUT2D eigenvalue weighted by atomic mass is 35.5. The standard InChI is InChI=1S/C41H36ClN7O6/c1-54-37-21-36(47-13-3-4-14-47)38(55-2)20-31(37)46-45-30-6-5-22(17-27(30)42)39(50)48-15-11-23-25-18-32(43-28(25)7-9-34(23)48)40(51)49-16-12-24-26-19-33(41(52)53)44-29(26)8-10-35(24)49/h5-10,17-21,43-44H,3-4,11-16H2,1-2H3,(H,52,53)/b46-45+. The van der Waals surface area contributed by atoms with Crippen molar-refractivity contribution < 1.29 is 29.0 Å². The van der Waals surface area contributed by atoms with Gasteiger partial charge in [0.1, 0.15) is 34.3 Å². The highest BCUT2D eigenvalue weighted by Crippen LogP contribution is 2.43. The van der Waals surface area contributed by atoms with E-state index in [1.165, 1.54) is 0 Å². The molecule has 3 aliphatic rings. The molecule has 0 spiro atoms. The van der Waals surface area contributed by atoms with Gasteiger partial charge in [0.2, 0.25) is 0 Å². The third kappa shape index (κ3) is 5.82. The van der Waals surface area contributed by atoms with Crippen LogP contribution in [0.3, 0.4) is 0 Å². The molecule has 2 amide bonds. The lowest BCUT2D eigenvalue weighted by molar-refractivity contribution is 0.0691. The van der Waals surface area contributed by atoms with Gasteiger partial charge in [-0.2, -0.15) is 0 Å². The van der Waals surface area contributed by atoms with Crippen LogP contribution >= 0.6 is 11.6 Å². The van der Waals surface area contributed by atoms with Crippen LogP contribution in [0.5, 0.6) is 11.5 Å². The lowest BCUT2D eigenvalue weighted by Gasteiger charge is -2.21. The molecule has 4 aromatic carbocycles. The molecule has 0 radical (unpaired) electrons. The van der Waals surface area contributed by atoms with E-state index in [9.17, 15) is 19.5 Å². The van der Waals surface area contributed by atoms with E-state index in [0.29, 0.717) is 60.1 Å². The Kier molecular flexibility index (Phi) is 8.45. The molecule has 3 N–H and O–H groups in total. The number of amides is 2. The molecule has 0 bridgehead atoms. The number of methoxy groups -OCH3 is 2. The van der Waals surface area contributed by atoms with Crippen LogP contribution in [0.15, 0.2) is 77.0 Å². The number of hydrogen-bond donors (Lipinski definition) is 3. The number of hydrogen-bond acceptors (Lipinski definition) is 8. The van der Waals surface area contributed by atoms with Gasteiger partial charge in [-0.15, -0.1) is 10.2 Å². The zero-order chi connectivity index (χ0) is 38.0. The SMILES string of the molecule is COc1cc(N2CCCC2)c(OC)cc1/N=N/c1ccc(C(=O)N2CCc3c2ccc2[nH]c(C(=O)N4CCc5c4ccc4[nH]c(C(=O)O)cc54)cc32)cc1Cl. The fourth-order valence-electron chi connectivity index (χ4n) is 8.16. The molecule has 6 aromatic rings. The summed E-state index contributed by atoms with van der Waals surface area (Å²) in [6.45, 7) is 2.86. The molecule has 13 nitrogen and oxygen atoms in total. The summed E-state index contributed by atoms with van der Waals surface area (Å²) in [6, 6.07) is 19.7. The first-order valence-corrected chi connectivity index (χ1v) is 18.5. The van der Waals surface area contributed by atoms with Crippen molar-refractivity contribution in [2.45, 2.75) is 25.7 Å². The molecule has 5 heterocycles. The maximum absolute atomic E-state index is 13.9. The van der Waals surface area contributed by atoms with E-state index in [1.54, 1.807) is 54.4 Å². The lowest BCUT2D eigenvalue weighted by atomic mass is 10.1. The zero-order valence-corrected chi connectivity index (χ0v) is 30.9. The number of halogens is 1. The Morgan fingerprint density at radius 1 is 0.673 bits per heavy atom. The number of aromatic amines is 2. The van der Waals surface area contributed by atoms with E-state index in [4.69, 9.17) is 21.1 Å². The third-order valence-corrected chi connectivity index (χ3v) is 11.2. The molecule has 55 heavy (non-hydrogen) atoms. The number of carboxylic acid groups (broad SMARTS) is 1. The predicted octanol–water partition coefficient (Wildman–Crippen LogP) is 8.44. The van der Waals surface area contributed by atoms with E-state index >= 15 is 0 Å². The molecule has 0 unspecified atom stereocenters. The number of carbonyl (C=O) groups is 3. The minimum Gasteiger partial charge on any atom is -0.494 e. The van der Waals surface area contributed by atoms with Gasteiger partial charge in [-0.3, -0.25) is 9.59 Å². The lowest BCUT2D eigenvalue weighted by Crippen LogP contribution is -2.29. The van der Waals surface area contributed by atoms with E-state index < -0.39 is 5.97 Å². The Labute approximate surface area is 320 Å². The van der Waals surface area contributed by atoms with Gasteiger partial charge in [0.25, 0.3) is 11.8 Å². The maximum Gasteiger partial charge on any atom is 0.352 e. The van der Waals surface area contributed by atoms with Crippen LogP contribution in [0.2, 0.25) is 5.02 Å². The fourth-order valence-corrected chi connectivity index (χ4v) is 8.37.